The molecule has 1 aliphatic heterocycles. The van der Waals surface area contributed by atoms with Crippen LogP contribution in [0.2, 0.25) is 0 Å². The third-order valence-corrected chi connectivity index (χ3v) is 5.77. The van der Waals surface area contributed by atoms with Crippen LogP contribution in [0.4, 0.5) is 17.1 Å². The first-order valence-electron chi connectivity index (χ1n) is 10.6. The fraction of sp³-hybridized carbons (Fsp3) is 0.292. The Bertz CT molecular complexity index is 1210. The summed E-state index contributed by atoms with van der Waals surface area (Å²) in [6.07, 6.45) is 2.70. The van der Waals surface area contributed by atoms with E-state index >= 15 is 0 Å². The molecule has 1 saturated carbocycles. The zero-order valence-corrected chi connectivity index (χ0v) is 17.7. The lowest BCUT2D eigenvalue weighted by Crippen LogP contribution is -2.16. The number of aliphatic imine (C=N–C) groups is 1. The SMILES string of the molecule is CC(C(N)=Nc1ccc2c(c1)NC(C)N2)=C(O)c1cc2cc(OCC3CC3)ccc2[nH]1. The van der Waals surface area contributed by atoms with Gasteiger partial charge in [-0.2, -0.15) is 0 Å². The van der Waals surface area contributed by atoms with E-state index in [-0.39, 0.29) is 17.8 Å². The zero-order valence-electron chi connectivity index (χ0n) is 17.7. The van der Waals surface area contributed by atoms with Gasteiger partial charge in [-0.05, 0) is 75.1 Å². The van der Waals surface area contributed by atoms with Crippen LogP contribution in [0.15, 0.2) is 53.0 Å². The summed E-state index contributed by atoms with van der Waals surface area (Å²) >= 11 is 0. The minimum atomic E-state index is 0.0764. The Morgan fingerprint density at radius 1 is 1.13 bits per heavy atom. The van der Waals surface area contributed by atoms with Gasteiger partial charge in [0.25, 0.3) is 0 Å². The smallest absolute Gasteiger partial charge is 0.145 e. The number of amidine groups is 1. The number of hydrogen-bond donors (Lipinski definition) is 5. The van der Waals surface area contributed by atoms with E-state index in [4.69, 9.17) is 10.5 Å². The highest BCUT2D eigenvalue weighted by molar-refractivity contribution is 6.04. The summed E-state index contributed by atoms with van der Waals surface area (Å²) in [5, 5.41) is 18.4. The lowest BCUT2D eigenvalue weighted by atomic mass is 10.1. The largest absolute Gasteiger partial charge is 0.505 e. The van der Waals surface area contributed by atoms with Crippen LogP contribution in [0.5, 0.6) is 5.75 Å². The summed E-state index contributed by atoms with van der Waals surface area (Å²) in [7, 11) is 0. The van der Waals surface area contributed by atoms with Gasteiger partial charge in [0, 0.05) is 16.5 Å². The number of H-pyrrole nitrogens is 1. The Morgan fingerprint density at radius 2 is 1.94 bits per heavy atom. The average molecular weight is 418 g/mol. The third-order valence-electron chi connectivity index (χ3n) is 5.77. The number of aliphatic hydroxyl groups is 1. The first-order valence-corrected chi connectivity index (χ1v) is 10.6. The summed E-state index contributed by atoms with van der Waals surface area (Å²) in [5.41, 5.74) is 11.0. The van der Waals surface area contributed by atoms with Crippen LogP contribution in [0.3, 0.4) is 0 Å². The lowest BCUT2D eigenvalue weighted by Gasteiger charge is -2.06. The summed E-state index contributed by atoms with van der Waals surface area (Å²) in [4.78, 5) is 7.74. The Hall–Kier alpha value is -3.61. The number of anilines is 2. The minimum Gasteiger partial charge on any atom is -0.505 e. The topological polar surface area (TPSA) is 108 Å². The summed E-state index contributed by atoms with van der Waals surface area (Å²) in [5.74, 6) is 1.90. The van der Waals surface area contributed by atoms with Crippen molar-refractivity contribution in [3.8, 4) is 5.75 Å². The molecule has 1 aromatic heterocycles. The first kappa shape index (κ1) is 19.4. The number of benzene rings is 2. The number of nitrogens with one attached hydrogen (secondary N) is 3. The van der Waals surface area contributed by atoms with Crippen LogP contribution in [-0.2, 0) is 0 Å². The highest BCUT2D eigenvalue weighted by atomic mass is 16.5. The van der Waals surface area contributed by atoms with Crippen molar-refractivity contribution in [2.24, 2.45) is 16.6 Å². The fourth-order valence-corrected chi connectivity index (χ4v) is 3.72. The number of nitrogens with zero attached hydrogens (tertiary/aromatic N) is 1. The molecule has 1 aliphatic carbocycles. The number of aromatic nitrogens is 1. The molecule has 1 atom stereocenters. The number of rotatable bonds is 6. The van der Waals surface area contributed by atoms with Gasteiger partial charge in [0.1, 0.15) is 17.3 Å². The molecule has 0 spiro atoms. The molecule has 2 aromatic carbocycles. The van der Waals surface area contributed by atoms with Crippen LogP contribution in [-0.4, -0.2) is 28.7 Å². The van der Waals surface area contributed by atoms with Crippen molar-refractivity contribution in [3.05, 3.63) is 53.7 Å². The second-order valence-electron chi connectivity index (χ2n) is 8.40. The molecule has 7 heteroatoms. The van der Waals surface area contributed by atoms with E-state index < -0.39 is 0 Å². The molecule has 1 fully saturated rings. The quantitative estimate of drug-likeness (QED) is 0.217. The molecule has 0 bridgehead atoms. The summed E-state index contributed by atoms with van der Waals surface area (Å²) in [6.45, 7) is 4.58. The standard InChI is InChI=1S/C24H27N5O2/c1-13(24(25)28-17-5-7-20-21(11-17)27-14(2)26-20)23(30)22-10-16-9-18(6-8-19(16)29-22)31-12-15-3-4-15/h5-11,14-15,26-27,29-30H,3-4,12H2,1-2H3,(H2,25,28). The molecule has 5 rings (SSSR count). The van der Waals surface area contributed by atoms with Gasteiger partial charge in [-0.15, -0.1) is 0 Å². The van der Waals surface area contributed by atoms with Gasteiger partial charge >= 0.3 is 0 Å². The molecule has 0 radical (unpaired) electrons. The van der Waals surface area contributed by atoms with Gasteiger partial charge < -0.3 is 31.2 Å². The molecule has 0 amide bonds. The van der Waals surface area contributed by atoms with E-state index in [0.29, 0.717) is 17.2 Å². The lowest BCUT2D eigenvalue weighted by molar-refractivity contribution is 0.300. The van der Waals surface area contributed by atoms with E-state index in [1.54, 1.807) is 6.92 Å². The Kier molecular flexibility index (Phi) is 4.73. The molecule has 2 aliphatic rings. The number of fused-ring (bicyclic) bond motifs is 2. The highest BCUT2D eigenvalue weighted by Crippen LogP contribution is 2.33. The maximum atomic E-state index is 10.8. The molecule has 1 unspecified atom stereocenters. The maximum Gasteiger partial charge on any atom is 0.145 e. The third kappa shape index (κ3) is 4.03. The van der Waals surface area contributed by atoms with Crippen LogP contribution < -0.4 is 21.1 Å². The predicted octanol–water partition coefficient (Wildman–Crippen LogP) is 5.12. The molecule has 160 valence electrons. The van der Waals surface area contributed by atoms with Gasteiger partial charge in [-0.3, -0.25) is 0 Å². The van der Waals surface area contributed by atoms with Crippen LogP contribution in [0.1, 0.15) is 32.4 Å². The zero-order chi connectivity index (χ0) is 21.5. The van der Waals surface area contributed by atoms with Crippen molar-refractivity contribution in [2.75, 3.05) is 17.2 Å². The van der Waals surface area contributed by atoms with Gasteiger partial charge in [-0.1, -0.05) is 0 Å². The Labute approximate surface area is 181 Å². The van der Waals surface area contributed by atoms with Crippen LogP contribution >= 0.6 is 0 Å². The average Bonchev–Trinajstić information content (AvgIpc) is 3.37. The number of hydrogen-bond acceptors (Lipinski definition) is 5. The molecule has 31 heavy (non-hydrogen) atoms. The second kappa shape index (κ2) is 7.58. The Morgan fingerprint density at radius 3 is 2.74 bits per heavy atom. The van der Waals surface area contributed by atoms with Crippen LogP contribution in [0, 0.1) is 5.92 Å². The van der Waals surface area contributed by atoms with Gasteiger partial charge in [-0.25, -0.2) is 4.99 Å². The van der Waals surface area contributed by atoms with E-state index in [1.807, 2.05) is 49.4 Å². The van der Waals surface area contributed by atoms with Crippen molar-refractivity contribution < 1.29 is 9.84 Å². The first-order chi connectivity index (χ1) is 15.0. The minimum absolute atomic E-state index is 0.0764. The monoisotopic (exact) mass is 417 g/mol. The van der Waals surface area contributed by atoms with E-state index in [0.717, 1.165) is 40.3 Å². The maximum absolute atomic E-state index is 10.8. The number of aromatic amines is 1. The molecule has 6 N–H and O–H groups in total. The van der Waals surface area contributed by atoms with Crippen molar-refractivity contribution in [2.45, 2.75) is 32.9 Å². The van der Waals surface area contributed by atoms with Crippen molar-refractivity contribution in [3.63, 3.8) is 0 Å². The van der Waals surface area contributed by atoms with Crippen LogP contribution in [0.25, 0.3) is 16.7 Å². The van der Waals surface area contributed by atoms with E-state index in [2.05, 4.69) is 20.6 Å². The molecule has 0 saturated heterocycles. The number of aliphatic hydroxyl groups excluding tert-OH is 1. The van der Waals surface area contributed by atoms with Crippen molar-refractivity contribution >= 4 is 39.6 Å². The molecule has 7 nitrogen and oxygen atoms in total. The molecule has 2 heterocycles. The second-order valence-corrected chi connectivity index (χ2v) is 8.40. The highest BCUT2D eigenvalue weighted by Gasteiger charge is 2.22. The molecular weight excluding hydrogens is 390 g/mol. The molecule has 3 aromatic rings. The normalized spacial score (nSPS) is 18.9. The van der Waals surface area contributed by atoms with Crippen molar-refractivity contribution in [1.29, 1.82) is 0 Å². The summed E-state index contributed by atoms with van der Waals surface area (Å²) in [6, 6.07) is 13.6. The predicted molar refractivity (Wildman–Crippen MR) is 126 cm³/mol. The van der Waals surface area contributed by atoms with Gasteiger partial charge in [0.2, 0.25) is 0 Å². The summed E-state index contributed by atoms with van der Waals surface area (Å²) < 4.78 is 5.86. The van der Waals surface area contributed by atoms with E-state index in [9.17, 15) is 5.11 Å². The fourth-order valence-electron chi connectivity index (χ4n) is 3.72. The van der Waals surface area contributed by atoms with Gasteiger partial charge in [0.15, 0.2) is 0 Å². The number of ether oxygens (including phenoxy) is 1. The molecular formula is C24H27N5O2. The van der Waals surface area contributed by atoms with Gasteiger partial charge in [0.05, 0.1) is 35.5 Å². The Balaban J connectivity index is 1.38. The van der Waals surface area contributed by atoms with Crippen molar-refractivity contribution in [1.82, 2.24) is 4.98 Å². The number of nitrogens with two attached hydrogens (primary N) is 1. The van der Waals surface area contributed by atoms with E-state index in [1.165, 1.54) is 12.8 Å².